The molecule has 0 aliphatic carbocycles. The van der Waals surface area contributed by atoms with Crippen molar-refractivity contribution in [2.24, 2.45) is 0 Å². The fraction of sp³-hybridized carbons (Fsp3) is 0.841. The van der Waals surface area contributed by atoms with Crippen LogP contribution in [0.1, 0.15) is 341 Å². The minimum absolute atomic E-state index is 0.358. The van der Waals surface area contributed by atoms with Crippen LogP contribution in [0.25, 0.3) is 0 Å². The van der Waals surface area contributed by atoms with E-state index < -0.39 is 36.9 Å². The van der Waals surface area contributed by atoms with Crippen molar-refractivity contribution in [2.45, 2.75) is 366 Å². The van der Waals surface area contributed by atoms with Crippen molar-refractivity contribution in [2.75, 3.05) is 6.61 Å². The Labute approximate surface area is 467 Å². The van der Waals surface area contributed by atoms with Crippen LogP contribution in [0.3, 0.4) is 0 Å². The second-order valence-electron chi connectivity index (χ2n) is 22.8. The minimum Gasteiger partial charge on any atom is -0.394 e. The Hall–Kier alpha value is -1.99. The van der Waals surface area contributed by atoms with Crippen molar-refractivity contribution in [1.29, 1.82) is 0 Å². The summed E-state index contributed by atoms with van der Waals surface area (Å²) in [5, 5.41) is 44.1. The Kier molecular flexibility index (Phi) is 61.2. The van der Waals surface area contributed by atoms with E-state index in [0.29, 0.717) is 19.3 Å². The zero-order valence-electron chi connectivity index (χ0n) is 50.0. The number of amides is 1. The topological polar surface area (TPSA) is 110 Å². The Morgan fingerprint density at radius 3 is 0.920 bits per heavy atom. The molecule has 0 aromatic heterocycles. The number of hydrogen-bond acceptors (Lipinski definition) is 5. The van der Waals surface area contributed by atoms with Crippen LogP contribution in [-0.2, 0) is 4.79 Å². The van der Waals surface area contributed by atoms with E-state index in [2.05, 4.69) is 79.9 Å². The molecule has 6 nitrogen and oxygen atoms in total. The van der Waals surface area contributed by atoms with Gasteiger partial charge < -0.3 is 25.7 Å². The van der Waals surface area contributed by atoms with Gasteiger partial charge in [0.05, 0.1) is 18.8 Å². The molecule has 0 fully saturated rings. The maximum Gasteiger partial charge on any atom is 0.249 e. The van der Waals surface area contributed by atoms with E-state index in [-0.39, 0.29) is 0 Å². The number of allylic oxidation sites excluding steroid dienone is 10. The molecule has 0 aromatic rings. The third-order valence-electron chi connectivity index (χ3n) is 15.4. The molecule has 0 aliphatic heterocycles. The highest BCUT2D eigenvalue weighted by Gasteiger charge is 2.28. The summed E-state index contributed by atoms with van der Waals surface area (Å²) in [7, 11) is 0. The van der Waals surface area contributed by atoms with Crippen molar-refractivity contribution in [1.82, 2.24) is 5.32 Å². The SMILES string of the molecule is CCCCCCCCCCCCC/C=C\C/C=C\CCCCCCCCCCCCCCCCCCC(O)C(=O)NC(CO)C(O)C(O)CCC/C=C/CC/C=C/CC/C=C/CCCCCCCCCCCCCC. The Morgan fingerprint density at radius 2 is 0.600 bits per heavy atom. The van der Waals surface area contributed by atoms with E-state index in [1.165, 1.54) is 250 Å². The van der Waals surface area contributed by atoms with E-state index in [4.69, 9.17) is 0 Å². The van der Waals surface area contributed by atoms with Crippen LogP contribution < -0.4 is 5.32 Å². The molecule has 1 amide bonds. The molecule has 0 bridgehead atoms. The fourth-order valence-electron chi connectivity index (χ4n) is 10.2. The smallest absolute Gasteiger partial charge is 0.249 e. The number of hydrogen-bond donors (Lipinski definition) is 5. The number of carbonyl (C=O) groups excluding carboxylic acids is 1. The quantitative estimate of drug-likeness (QED) is 0.0308. The molecule has 0 spiro atoms. The highest BCUT2D eigenvalue weighted by atomic mass is 16.3. The van der Waals surface area contributed by atoms with Gasteiger partial charge in [0.15, 0.2) is 0 Å². The first-order chi connectivity index (χ1) is 37.0. The van der Waals surface area contributed by atoms with E-state index >= 15 is 0 Å². The van der Waals surface area contributed by atoms with Crippen molar-refractivity contribution in [3.63, 3.8) is 0 Å². The Bertz CT molecular complexity index is 1270. The molecular formula is C69H129NO5. The van der Waals surface area contributed by atoms with Crippen LogP contribution in [0, 0.1) is 0 Å². The van der Waals surface area contributed by atoms with Crippen LogP contribution in [0.4, 0.5) is 0 Å². The third-order valence-corrected chi connectivity index (χ3v) is 15.4. The van der Waals surface area contributed by atoms with Crippen molar-refractivity contribution in [3.8, 4) is 0 Å². The molecule has 440 valence electrons. The summed E-state index contributed by atoms with van der Waals surface area (Å²) in [5.74, 6) is -0.597. The maximum atomic E-state index is 12.6. The molecule has 4 atom stereocenters. The van der Waals surface area contributed by atoms with Gasteiger partial charge in [-0.25, -0.2) is 0 Å². The van der Waals surface area contributed by atoms with Gasteiger partial charge in [-0.05, 0) is 96.3 Å². The molecule has 0 radical (unpaired) electrons. The third kappa shape index (κ3) is 56.5. The normalized spacial score (nSPS) is 13.9. The molecule has 0 heterocycles. The first-order valence-electron chi connectivity index (χ1n) is 33.2. The average Bonchev–Trinajstić information content (AvgIpc) is 3.42. The van der Waals surface area contributed by atoms with E-state index in [1.807, 2.05) is 0 Å². The van der Waals surface area contributed by atoms with Gasteiger partial charge in [0.1, 0.15) is 12.2 Å². The minimum atomic E-state index is -1.30. The van der Waals surface area contributed by atoms with Gasteiger partial charge in [-0.15, -0.1) is 0 Å². The monoisotopic (exact) mass is 1050 g/mol. The van der Waals surface area contributed by atoms with Crippen LogP contribution in [0.15, 0.2) is 60.8 Å². The van der Waals surface area contributed by atoms with Crippen LogP contribution in [-0.4, -0.2) is 57.3 Å². The number of aliphatic hydroxyl groups excluding tert-OH is 4. The molecule has 75 heavy (non-hydrogen) atoms. The lowest BCUT2D eigenvalue weighted by molar-refractivity contribution is -0.132. The number of nitrogens with one attached hydrogen (secondary N) is 1. The van der Waals surface area contributed by atoms with E-state index in [1.54, 1.807) is 0 Å². The van der Waals surface area contributed by atoms with Gasteiger partial charge in [0.25, 0.3) is 0 Å². The van der Waals surface area contributed by atoms with Gasteiger partial charge in [0, 0.05) is 0 Å². The molecule has 0 rings (SSSR count). The summed E-state index contributed by atoms with van der Waals surface area (Å²) in [6, 6.07) is -1.02. The van der Waals surface area contributed by atoms with Crippen LogP contribution >= 0.6 is 0 Å². The van der Waals surface area contributed by atoms with Gasteiger partial charge in [-0.2, -0.15) is 0 Å². The summed E-state index contributed by atoms with van der Waals surface area (Å²) in [6.07, 6.45) is 83.3. The summed E-state index contributed by atoms with van der Waals surface area (Å²) in [6.45, 7) is 4.07. The second-order valence-corrected chi connectivity index (χ2v) is 22.8. The highest BCUT2D eigenvalue weighted by Crippen LogP contribution is 2.18. The van der Waals surface area contributed by atoms with Gasteiger partial charge in [-0.1, -0.05) is 306 Å². The molecule has 5 N–H and O–H groups in total. The summed E-state index contributed by atoms with van der Waals surface area (Å²) in [4.78, 5) is 12.6. The second kappa shape index (κ2) is 62.8. The molecule has 6 heteroatoms. The predicted molar refractivity (Wildman–Crippen MR) is 330 cm³/mol. The number of rotatable bonds is 61. The summed E-state index contributed by atoms with van der Waals surface area (Å²) < 4.78 is 0. The van der Waals surface area contributed by atoms with Gasteiger partial charge >= 0.3 is 0 Å². The molecular weight excluding hydrogens is 923 g/mol. The lowest BCUT2D eigenvalue weighted by Crippen LogP contribution is -2.53. The summed E-state index contributed by atoms with van der Waals surface area (Å²) >= 11 is 0. The largest absolute Gasteiger partial charge is 0.394 e. The Morgan fingerprint density at radius 1 is 0.333 bits per heavy atom. The zero-order chi connectivity index (χ0) is 54.4. The zero-order valence-corrected chi connectivity index (χ0v) is 50.0. The predicted octanol–water partition coefficient (Wildman–Crippen LogP) is 20.3. The van der Waals surface area contributed by atoms with Crippen molar-refractivity contribution < 1.29 is 25.2 Å². The first kappa shape index (κ1) is 73.0. The standard InChI is InChI=1S/C69H129NO5/c1-3-5-7-9-11-13-15-17-19-21-23-25-27-29-30-31-32-33-34-35-36-37-39-41-43-45-47-49-51-53-55-57-59-61-63-67(73)69(75)70-65(64-71)68(74)66(72)62-60-58-56-54-52-50-48-46-44-42-40-38-28-26-24-22-20-18-16-14-12-10-8-6-4-2/h27,29,31-32,38,40,46,48,54,56,65-68,71-74H,3-26,28,30,33-37,39,41-45,47,49-53,55,57-64H2,1-2H3,(H,70,75)/b29-27-,32-31-,40-38+,48-46+,56-54+. The fourth-order valence-corrected chi connectivity index (χ4v) is 10.2. The van der Waals surface area contributed by atoms with Crippen LogP contribution in [0.5, 0.6) is 0 Å². The van der Waals surface area contributed by atoms with E-state index in [0.717, 1.165) is 57.8 Å². The number of carbonyl (C=O) groups is 1. The number of unbranched alkanes of at least 4 members (excludes halogenated alkanes) is 42. The number of aliphatic hydroxyl groups is 4. The molecule has 4 unspecified atom stereocenters. The van der Waals surface area contributed by atoms with Gasteiger partial charge in [-0.3, -0.25) is 4.79 Å². The lowest BCUT2D eigenvalue weighted by atomic mass is 10.00. The highest BCUT2D eigenvalue weighted by molar-refractivity contribution is 5.80. The lowest BCUT2D eigenvalue weighted by Gasteiger charge is -2.27. The van der Waals surface area contributed by atoms with Crippen molar-refractivity contribution in [3.05, 3.63) is 60.8 Å². The van der Waals surface area contributed by atoms with E-state index in [9.17, 15) is 25.2 Å². The Balaban J connectivity index is 3.63. The molecule has 0 aromatic carbocycles. The van der Waals surface area contributed by atoms with Gasteiger partial charge in [0.2, 0.25) is 5.91 Å². The molecule has 0 saturated heterocycles. The summed E-state index contributed by atoms with van der Waals surface area (Å²) in [5.41, 5.74) is 0. The van der Waals surface area contributed by atoms with Crippen LogP contribution in [0.2, 0.25) is 0 Å². The first-order valence-corrected chi connectivity index (χ1v) is 33.2. The van der Waals surface area contributed by atoms with Crippen molar-refractivity contribution >= 4 is 5.91 Å². The maximum absolute atomic E-state index is 12.6. The molecule has 0 saturated carbocycles. The average molecular weight is 1050 g/mol. The molecule has 0 aliphatic rings.